The van der Waals surface area contributed by atoms with E-state index in [2.05, 4.69) is 20.6 Å². The summed E-state index contributed by atoms with van der Waals surface area (Å²) < 4.78 is 21.3. The Bertz CT molecular complexity index is 637. The normalized spacial score (nSPS) is 18.4. The van der Waals surface area contributed by atoms with Gasteiger partial charge in [-0.1, -0.05) is 6.08 Å². The van der Waals surface area contributed by atoms with Crippen molar-refractivity contribution in [3.63, 3.8) is 0 Å². The van der Waals surface area contributed by atoms with Crippen molar-refractivity contribution in [2.45, 2.75) is 25.8 Å². The van der Waals surface area contributed by atoms with E-state index < -0.39 is 0 Å². The molecule has 3 rings (SSSR count). The Labute approximate surface area is 123 Å². The van der Waals surface area contributed by atoms with E-state index in [1.807, 2.05) is 12.5 Å². The maximum absolute atomic E-state index is 14.2. The fourth-order valence-electron chi connectivity index (χ4n) is 2.81. The first kappa shape index (κ1) is 13.8. The number of hydrogen-bond acceptors (Lipinski definition) is 3. The van der Waals surface area contributed by atoms with Crippen molar-refractivity contribution in [3.8, 4) is 5.88 Å². The van der Waals surface area contributed by atoms with Crippen LogP contribution >= 0.6 is 0 Å². The summed E-state index contributed by atoms with van der Waals surface area (Å²) in [5.41, 5.74) is 1.66. The van der Waals surface area contributed by atoms with E-state index in [0.717, 1.165) is 31.4 Å². The lowest BCUT2D eigenvalue weighted by Crippen LogP contribution is -2.13. The van der Waals surface area contributed by atoms with Crippen molar-refractivity contribution >= 4 is 5.57 Å². The van der Waals surface area contributed by atoms with Gasteiger partial charge in [0.1, 0.15) is 0 Å². The molecular weight excluding hydrogens is 269 g/mol. The molecule has 1 aliphatic carbocycles. The summed E-state index contributed by atoms with van der Waals surface area (Å²) in [6.45, 7) is 0.964. The second-order valence-corrected chi connectivity index (χ2v) is 5.31. The summed E-state index contributed by atoms with van der Waals surface area (Å²) in [5.74, 6) is 0.281. The minimum absolute atomic E-state index is 0.0638. The SMILES string of the molecule is COc1nccc(C2=CCC(Cn3ccnc3)CC2)c1F. The minimum Gasteiger partial charge on any atom is -0.479 e. The van der Waals surface area contributed by atoms with E-state index in [9.17, 15) is 4.39 Å². The number of halogens is 1. The van der Waals surface area contributed by atoms with Gasteiger partial charge < -0.3 is 9.30 Å². The largest absolute Gasteiger partial charge is 0.479 e. The van der Waals surface area contributed by atoms with Crippen LogP contribution in [-0.2, 0) is 6.54 Å². The first-order chi connectivity index (χ1) is 10.3. The summed E-state index contributed by atoms with van der Waals surface area (Å²) in [4.78, 5) is 7.94. The van der Waals surface area contributed by atoms with Crippen LogP contribution in [0.3, 0.4) is 0 Å². The van der Waals surface area contributed by atoms with E-state index in [-0.39, 0.29) is 11.7 Å². The lowest BCUT2D eigenvalue weighted by Gasteiger charge is -2.22. The summed E-state index contributed by atoms with van der Waals surface area (Å²) in [6, 6.07) is 1.72. The van der Waals surface area contributed by atoms with Crippen molar-refractivity contribution < 1.29 is 9.13 Å². The molecule has 2 aromatic heterocycles. The van der Waals surface area contributed by atoms with E-state index >= 15 is 0 Å². The molecule has 0 aromatic carbocycles. The third-order valence-electron chi connectivity index (χ3n) is 3.94. The number of ether oxygens (including phenoxy) is 1. The van der Waals surface area contributed by atoms with Crippen molar-refractivity contribution in [1.82, 2.24) is 14.5 Å². The molecule has 0 saturated heterocycles. The lowest BCUT2D eigenvalue weighted by atomic mass is 9.86. The van der Waals surface area contributed by atoms with Gasteiger partial charge in [0, 0.05) is 30.7 Å². The second-order valence-electron chi connectivity index (χ2n) is 5.31. The molecule has 0 N–H and O–H groups in total. The molecule has 1 aliphatic rings. The third-order valence-corrected chi connectivity index (χ3v) is 3.94. The zero-order chi connectivity index (χ0) is 14.7. The fourth-order valence-corrected chi connectivity index (χ4v) is 2.81. The number of nitrogens with zero attached hydrogens (tertiary/aromatic N) is 3. The highest BCUT2D eigenvalue weighted by atomic mass is 19.1. The molecule has 2 aromatic rings. The molecule has 0 saturated carbocycles. The number of pyridine rings is 1. The van der Waals surface area contributed by atoms with Crippen molar-refractivity contribution in [1.29, 1.82) is 0 Å². The molecule has 0 radical (unpaired) electrons. The van der Waals surface area contributed by atoms with Crippen molar-refractivity contribution in [3.05, 3.63) is 48.4 Å². The summed E-state index contributed by atoms with van der Waals surface area (Å²) >= 11 is 0. The van der Waals surface area contributed by atoms with Gasteiger partial charge in [0.25, 0.3) is 5.88 Å². The maximum atomic E-state index is 14.2. The Morgan fingerprint density at radius 1 is 1.43 bits per heavy atom. The molecular formula is C16H18FN3O. The molecule has 0 bridgehead atoms. The molecule has 5 heteroatoms. The van der Waals surface area contributed by atoms with E-state index in [1.54, 1.807) is 18.5 Å². The van der Waals surface area contributed by atoms with Crippen LogP contribution in [0.25, 0.3) is 5.57 Å². The summed E-state index contributed by atoms with van der Waals surface area (Å²) in [7, 11) is 1.44. The van der Waals surface area contributed by atoms with Gasteiger partial charge in [-0.25, -0.2) is 14.4 Å². The first-order valence-corrected chi connectivity index (χ1v) is 7.11. The van der Waals surface area contributed by atoms with E-state index in [0.29, 0.717) is 11.5 Å². The number of methoxy groups -OCH3 is 1. The first-order valence-electron chi connectivity index (χ1n) is 7.11. The van der Waals surface area contributed by atoms with Gasteiger partial charge in [0.2, 0.25) is 0 Å². The Morgan fingerprint density at radius 2 is 2.33 bits per heavy atom. The highest BCUT2D eigenvalue weighted by Gasteiger charge is 2.19. The zero-order valence-electron chi connectivity index (χ0n) is 12.0. The Hall–Kier alpha value is -2.17. The lowest BCUT2D eigenvalue weighted by molar-refractivity contribution is 0.368. The standard InChI is InChI=1S/C16H18FN3O/c1-21-16-15(17)14(6-7-19-16)13-4-2-12(3-5-13)10-20-9-8-18-11-20/h4,6-9,11-12H,2-3,5,10H2,1H3. The Kier molecular flexibility index (Phi) is 3.99. The fraction of sp³-hybridized carbons (Fsp3) is 0.375. The molecule has 110 valence electrons. The molecule has 0 fully saturated rings. The number of allylic oxidation sites excluding steroid dienone is 2. The smallest absolute Gasteiger partial charge is 0.250 e. The topological polar surface area (TPSA) is 39.9 Å². The second kappa shape index (κ2) is 6.08. The van der Waals surface area contributed by atoms with Crippen molar-refractivity contribution in [2.75, 3.05) is 7.11 Å². The van der Waals surface area contributed by atoms with E-state index in [4.69, 9.17) is 4.74 Å². The maximum Gasteiger partial charge on any atom is 0.250 e. The van der Waals surface area contributed by atoms with Gasteiger partial charge >= 0.3 is 0 Å². The monoisotopic (exact) mass is 287 g/mol. The minimum atomic E-state index is -0.362. The predicted octanol–water partition coefficient (Wildman–Crippen LogP) is 3.31. The van der Waals surface area contributed by atoms with Gasteiger partial charge in [0.05, 0.1) is 13.4 Å². The average Bonchev–Trinajstić information content (AvgIpc) is 3.01. The van der Waals surface area contributed by atoms with Crippen LogP contribution in [0.5, 0.6) is 5.88 Å². The summed E-state index contributed by atoms with van der Waals surface area (Å²) in [5, 5.41) is 0. The molecule has 1 unspecified atom stereocenters. The number of rotatable bonds is 4. The van der Waals surface area contributed by atoms with Crippen LogP contribution in [0.2, 0.25) is 0 Å². The third kappa shape index (κ3) is 2.96. The Balaban J connectivity index is 1.73. The molecule has 1 atom stereocenters. The zero-order valence-corrected chi connectivity index (χ0v) is 12.0. The highest BCUT2D eigenvalue weighted by Crippen LogP contribution is 2.33. The molecule has 2 heterocycles. The quantitative estimate of drug-likeness (QED) is 0.866. The number of imidazole rings is 1. The van der Waals surface area contributed by atoms with Gasteiger partial charge in [-0.15, -0.1) is 0 Å². The van der Waals surface area contributed by atoms with Crippen LogP contribution in [0.4, 0.5) is 4.39 Å². The molecule has 4 nitrogen and oxygen atoms in total. The van der Waals surface area contributed by atoms with Crippen molar-refractivity contribution in [2.24, 2.45) is 5.92 Å². The van der Waals surface area contributed by atoms with Crippen LogP contribution < -0.4 is 4.74 Å². The summed E-state index contributed by atoms with van der Waals surface area (Å²) in [6.07, 6.45) is 12.2. The number of aromatic nitrogens is 3. The van der Waals surface area contributed by atoms with Gasteiger partial charge in [-0.3, -0.25) is 0 Å². The molecule has 0 amide bonds. The highest BCUT2D eigenvalue weighted by molar-refractivity contribution is 5.67. The molecule has 21 heavy (non-hydrogen) atoms. The molecule has 0 aliphatic heterocycles. The predicted molar refractivity (Wildman–Crippen MR) is 78.3 cm³/mol. The van der Waals surface area contributed by atoms with Gasteiger partial charge in [-0.05, 0) is 36.8 Å². The average molecular weight is 287 g/mol. The van der Waals surface area contributed by atoms with Crippen LogP contribution in [-0.4, -0.2) is 21.6 Å². The van der Waals surface area contributed by atoms with Gasteiger partial charge in [0.15, 0.2) is 5.82 Å². The molecule has 0 spiro atoms. The Morgan fingerprint density at radius 3 is 3.00 bits per heavy atom. The van der Waals surface area contributed by atoms with Crippen LogP contribution in [0.1, 0.15) is 24.8 Å². The van der Waals surface area contributed by atoms with E-state index in [1.165, 1.54) is 7.11 Å². The van der Waals surface area contributed by atoms with Crippen LogP contribution in [0.15, 0.2) is 37.1 Å². The van der Waals surface area contributed by atoms with Crippen LogP contribution in [0, 0.1) is 11.7 Å². The number of hydrogen-bond donors (Lipinski definition) is 0. The van der Waals surface area contributed by atoms with Gasteiger partial charge in [-0.2, -0.15) is 0 Å².